The van der Waals surface area contributed by atoms with Crippen molar-refractivity contribution in [1.82, 2.24) is 4.90 Å². The van der Waals surface area contributed by atoms with Crippen LogP contribution in [0.2, 0.25) is 0 Å². The van der Waals surface area contributed by atoms with Crippen molar-refractivity contribution in [1.29, 1.82) is 0 Å². The molecule has 0 radical (unpaired) electrons. The van der Waals surface area contributed by atoms with E-state index in [1.807, 2.05) is 0 Å². The van der Waals surface area contributed by atoms with E-state index in [2.05, 4.69) is 66.4 Å². The van der Waals surface area contributed by atoms with Crippen molar-refractivity contribution in [2.75, 3.05) is 11.4 Å². The van der Waals surface area contributed by atoms with Gasteiger partial charge in [-0.25, -0.2) is 0 Å². The Balaban J connectivity index is 1.53. The van der Waals surface area contributed by atoms with Crippen LogP contribution in [0.3, 0.4) is 0 Å². The molecule has 0 saturated heterocycles. The molecule has 0 spiro atoms. The van der Waals surface area contributed by atoms with Gasteiger partial charge in [-0.1, -0.05) is 167 Å². The van der Waals surface area contributed by atoms with Crippen molar-refractivity contribution >= 4 is 5.69 Å². The number of unbranched alkanes of at least 4 members (excludes halogenated alkanes) is 21. The molecule has 1 aromatic carbocycles. The number of rotatable bonds is 26. The second kappa shape index (κ2) is 23.4. The molecule has 1 atom stereocenters. The largest absolute Gasteiger partial charge is 0.356 e. The quantitative estimate of drug-likeness (QED) is 0.111. The second-order valence-electron chi connectivity index (χ2n) is 12.0. The lowest BCUT2D eigenvalue weighted by Crippen LogP contribution is -2.39. The number of hydrogen-bond acceptors (Lipinski definition) is 2. The van der Waals surface area contributed by atoms with Crippen LogP contribution in [0, 0.1) is 0 Å². The lowest BCUT2D eigenvalue weighted by Gasteiger charge is -2.33. The first-order valence-electron chi connectivity index (χ1n) is 17.1. The smallest absolute Gasteiger partial charge is 0.105 e. The van der Waals surface area contributed by atoms with E-state index in [0.29, 0.717) is 6.17 Å². The van der Waals surface area contributed by atoms with Gasteiger partial charge in [0.2, 0.25) is 0 Å². The van der Waals surface area contributed by atoms with E-state index in [1.165, 1.54) is 166 Å². The third-order valence-electron chi connectivity index (χ3n) is 8.51. The van der Waals surface area contributed by atoms with Crippen LogP contribution in [0.1, 0.15) is 168 Å². The van der Waals surface area contributed by atoms with E-state index in [4.69, 9.17) is 0 Å². The van der Waals surface area contributed by atoms with Crippen LogP contribution in [0.25, 0.3) is 0 Å². The molecule has 2 heteroatoms. The van der Waals surface area contributed by atoms with E-state index in [9.17, 15) is 0 Å². The van der Waals surface area contributed by atoms with E-state index in [-0.39, 0.29) is 0 Å². The summed E-state index contributed by atoms with van der Waals surface area (Å²) in [6.07, 6.45) is 39.2. The molecule has 0 fully saturated rings. The number of hydrogen-bond donors (Lipinski definition) is 0. The van der Waals surface area contributed by atoms with Crippen molar-refractivity contribution in [2.45, 2.75) is 174 Å². The molecule has 1 aliphatic heterocycles. The third-order valence-corrected chi connectivity index (χ3v) is 8.51. The Hall–Kier alpha value is -1.44. The Morgan fingerprint density at radius 3 is 1.37 bits per heavy atom. The fourth-order valence-electron chi connectivity index (χ4n) is 6.03. The van der Waals surface area contributed by atoms with E-state index < -0.39 is 0 Å². The van der Waals surface area contributed by atoms with Gasteiger partial charge in [-0.3, -0.25) is 0 Å². The highest BCUT2D eigenvalue weighted by atomic mass is 15.4. The highest BCUT2D eigenvalue weighted by molar-refractivity contribution is 5.51. The summed E-state index contributed by atoms with van der Waals surface area (Å²) >= 11 is 0. The summed E-state index contributed by atoms with van der Waals surface area (Å²) in [5.74, 6) is 0. The first-order valence-corrected chi connectivity index (χ1v) is 17.1. The van der Waals surface area contributed by atoms with Crippen molar-refractivity contribution in [2.24, 2.45) is 0 Å². The molecule has 0 bridgehead atoms. The van der Waals surface area contributed by atoms with E-state index in [0.717, 1.165) is 0 Å². The minimum absolute atomic E-state index is 0.504. The number of para-hydroxylation sites is 1. The zero-order valence-electron chi connectivity index (χ0n) is 25.7. The second-order valence-corrected chi connectivity index (χ2v) is 12.0. The fourth-order valence-corrected chi connectivity index (χ4v) is 6.03. The van der Waals surface area contributed by atoms with Crippen LogP contribution in [0.4, 0.5) is 5.69 Å². The Morgan fingerprint density at radius 1 is 0.474 bits per heavy atom. The minimum atomic E-state index is 0.504. The number of benzene rings is 1. The lowest BCUT2D eigenvalue weighted by molar-refractivity contribution is 0.273. The molecule has 218 valence electrons. The van der Waals surface area contributed by atoms with Crippen molar-refractivity contribution < 1.29 is 0 Å². The van der Waals surface area contributed by atoms with Crippen molar-refractivity contribution in [3.8, 4) is 0 Å². The maximum Gasteiger partial charge on any atom is 0.105 e. The molecule has 0 N–H and O–H groups in total. The SMILES string of the molecule is CCCCCCCCCCCCCCCCCCC1N(CCCCCCCCC)C=CN1c1ccccc1. The van der Waals surface area contributed by atoms with Gasteiger partial charge < -0.3 is 9.80 Å². The Kier molecular flexibility index (Phi) is 20.2. The first-order chi connectivity index (χ1) is 18.9. The maximum absolute atomic E-state index is 2.63. The van der Waals surface area contributed by atoms with Gasteiger partial charge in [0.1, 0.15) is 6.17 Å². The van der Waals surface area contributed by atoms with Gasteiger partial charge in [-0.2, -0.15) is 0 Å². The molecule has 38 heavy (non-hydrogen) atoms. The van der Waals surface area contributed by atoms with Crippen LogP contribution in [-0.2, 0) is 0 Å². The van der Waals surface area contributed by atoms with E-state index in [1.54, 1.807) is 0 Å². The molecule has 0 aliphatic carbocycles. The highest BCUT2D eigenvalue weighted by Crippen LogP contribution is 2.28. The number of anilines is 1. The van der Waals surface area contributed by atoms with Crippen LogP contribution in [-0.4, -0.2) is 17.6 Å². The zero-order chi connectivity index (χ0) is 26.9. The topological polar surface area (TPSA) is 6.48 Å². The summed E-state index contributed by atoms with van der Waals surface area (Å²) in [4.78, 5) is 5.15. The molecular weight excluding hydrogens is 460 g/mol. The first kappa shape index (κ1) is 32.8. The Morgan fingerprint density at radius 2 is 0.895 bits per heavy atom. The lowest BCUT2D eigenvalue weighted by atomic mass is 10.0. The molecule has 0 aromatic heterocycles. The standard InChI is InChI=1S/C36H64N2/c1-3-5-7-9-11-12-13-14-15-16-17-18-19-20-22-27-31-36-37(32-28-23-21-10-8-6-4-2)33-34-38(36)35-29-25-24-26-30-35/h24-26,29-30,33-34,36H,3-23,27-28,31-32H2,1-2H3. The van der Waals surface area contributed by atoms with Crippen molar-refractivity contribution in [3.05, 3.63) is 42.7 Å². The normalized spacial score (nSPS) is 15.2. The van der Waals surface area contributed by atoms with Gasteiger partial charge in [-0.15, -0.1) is 0 Å². The molecule has 1 heterocycles. The summed E-state index contributed by atoms with van der Waals surface area (Å²) in [5.41, 5.74) is 1.34. The average Bonchev–Trinajstić information content (AvgIpc) is 3.35. The van der Waals surface area contributed by atoms with Crippen LogP contribution >= 0.6 is 0 Å². The number of nitrogens with zero attached hydrogens (tertiary/aromatic N) is 2. The zero-order valence-corrected chi connectivity index (χ0v) is 25.7. The van der Waals surface area contributed by atoms with Gasteiger partial charge in [-0.05, 0) is 31.4 Å². The molecule has 1 aliphatic rings. The molecule has 2 nitrogen and oxygen atoms in total. The molecule has 0 saturated carbocycles. The van der Waals surface area contributed by atoms with Gasteiger partial charge in [0.15, 0.2) is 0 Å². The predicted molar refractivity (Wildman–Crippen MR) is 171 cm³/mol. The molecular formula is C36H64N2. The van der Waals surface area contributed by atoms with Crippen LogP contribution in [0.5, 0.6) is 0 Å². The minimum Gasteiger partial charge on any atom is -0.356 e. The molecule has 1 aromatic rings. The predicted octanol–water partition coefficient (Wildman–Crippen LogP) is 12.0. The van der Waals surface area contributed by atoms with Gasteiger partial charge in [0.05, 0.1) is 0 Å². The van der Waals surface area contributed by atoms with Gasteiger partial charge >= 0.3 is 0 Å². The monoisotopic (exact) mass is 525 g/mol. The average molecular weight is 525 g/mol. The Labute approximate surface area is 238 Å². The van der Waals surface area contributed by atoms with Crippen molar-refractivity contribution in [3.63, 3.8) is 0 Å². The molecule has 0 amide bonds. The van der Waals surface area contributed by atoms with Gasteiger partial charge in [0, 0.05) is 24.6 Å². The maximum atomic E-state index is 2.63. The molecule has 2 rings (SSSR count). The molecule has 1 unspecified atom stereocenters. The Bertz CT molecular complexity index is 655. The third kappa shape index (κ3) is 15.2. The highest BCUT2D eigenvalue weighted by Gasteiger charge is 2.26. The van der Waals surface area contributed by atoms with Crippen LogP contribution < -0.4 is 4.90 Å². The summed E-state index contributed by atoms with van der Waals surface area (Å²) in [7, 11) is 0. The fraction of sp³-hybridized carbons (Fsp3) is 0.778. The van der Waals surface area contributed by atoms with Crippen LogP contribution in [0.15, 0.2) is 42.7 Å². The summed E-state index contributed by atoms with van der Waals surface area (Å²) in [5, 5.41) is 0. The van der Waals surface area contributed by atoms with Gasteiger partial charge in [0.25, 0.3) is 0 Å². The van der Waals surface area contributed by atoms with E-state index >= 15 is 0 Å². The summed E-state index contributed by atoms with van der Waals surface area (Å²) < 4.78 is 0. The summed E-state index contributed by atoms with van der Waals surface area (Å²) in [6.45, 7) is 5.81. The summed E-state index contributed by atoms with van der Waals surface area (Å²) in [6, 6.07) is 11.0.